The SMILES string of the molecule is CC(=CC=C/C(C)=C\C(=O)OCCN1CCCC1=O)/C=C/C1=C(C)CCCC1(C)C.COc1cc(C)c(/C=C/C(C)=C/C=C/C(C)=C/C(=O)OCCN2C(=O)CCC2=O)c(C)c1C. The summed E-state index contributed by atoms with van der Waals surface area (Å²) in [5.41, 5.74) is 11.7. The summed E-state index contributed by atoms with van der Waals surface area (Å²) < 4.78 is 15.7. The predicted molar refractivity (Wildman–Crippen MR) is 253 cm³/mol. The van der Waals surface area contributed by atoms with Gasteiger partial charge in [-0.1, -0.05) is 91.3 Å². The molecule has 0 unspecified atom stereocenters. The highest BCUT2D eigenvalue weighted by Crippen LogP contribution is 2.40. The fourth-order valence-electron chi connectivity index (χ4n) is 7.65. The van der Waals surface area contributed by atoms with Gasteiger partial charge in [0.2, 0.25) is 17.7 Å². The van der Waals surface area contributed by atoms with Gasteiger partial charge in [0, 0.05) is 38.0 Å². The van der Waals surface area contributed by atoms with Crippen molar-refractivity contribution in [3.63, 3.8) is 0 Å². The van der Waals surface area contributed by atoms with E-state index < -0.39 is 5.97 Å². The van der Waals surface area contributed by atoms with Gasteiger partial charge < -0.3 is 19.1 Å². The van der Waals surface area contributed by atoms with E-state index in [1.807, 2.05) is 50.3 Å². The number of allylic oxidation sites excluding steroid dienone is 15. The van der Waals surface area contributed by atoms with E-state index in [1.54, 1.807) is 18.9 Å². The zero-order valence-electron chi connectivity index (χ0n) is 39.7. The molecule has 10 nitrogen and oxygen atoms in total. The Labute approximate surface area is 376 Å². The number of amides is 3. The standard InChI is InChI=1S/C27H33NO5.C26H37NO3/c1-18(10-11-23-20(3)17-24(32-6)22(5)21(23)4)8-7-9-19(2)16-27(31)33-15-14-28-25(29)12-13-26(28)30;1-20(13-14-23-22(3)11-7-15-26(23,4)5)9-6-10-21(2)19-25(29)30-18-17-27-16-8-12-24(27)28/h7-11,16-17H,12-15H2,1-6H3;6,9-10,13-14,19H,7-8,11-12,15-18H2,1-5H3/b9-7+,11-10+,18-8+,19-16+;10-6?,14-13+,20-9?,21-19-. The van der Waals surface area contributed by atoms with Crippen molar-refractivity contribution in [1.82, 2.24) is 9.80 Å². The molecule has 0 N–H and O–H groups in total. The Hall–Kier alpha value is -5.77. The Morgan fingerprint density at radius 1 is 0.683 bits per heavy atom. The summed E-state index contributed by atoms with van der Waals surface area (Å²) in [6.07, 6.45) is 28.7. The van der Waals surface area contributed by atoms with E-state index in [4.69, 9.17) is 14.2 Å². The first kappa shape index (κ1) is 51.6. The molecule has 3 aliphatic rings. The molecule has 0 aromatic heterocycles. The number of hydrogen-bond acceptors (Lipinski definition) is 8. The molecule has 4 rings (SSSR count). The van der Waals surface area contributed by atoms with Gasteiger partial charge in [-0.05, 0) is 132 Å². The van der Waals surface area contributed by atoms with Crippen LogP contribution in [0.3, 0.4) is 0 Å². The Kier molecular flexibility index (Phi) is 20.8. The largest absolute Gasteiger partial charge is 0.496 e. The monoisotopic (exact) mass is 863 g/mol. The lowest BCUT2D eigenvalue weighted by molar-refractivity contribution is -0.144. The summed E-state index contributed by atoms with van der Waals surface area (Å²) in [7, 11) is 1.69. The Bertz CT molecular complexity index is 2120. The summed E-state index contributed by atoms with van der Waals surface area (Å²) >= 11 is 0. The average Bonchev–Trinajstić information content (AvgIpc) is 3.77. The maximum atomic E-state index is 11.9. The topological polar surface area (TPSA) is 120 Å². The van der Waals surface area contributed by atoms with E-state index in [0.29, 0.717) is 13.0 Å². The zero-order valence-corrected chi connectivity index (χ0v) is 39.7. The second kappa shape index (κ2) is 25.4. The van der Waals surface area contributed by atoms with Crippen molar-refractivity contribution >= 4 is 35.7 Å². The number of ether oxygens (including phenoxy) is 3. The summed E-state index contributed by atoms with van der Waals surface area (Å²) in [5.74, 6) is -0.251. The number of likely N-dealkylation sites (tertiary alicyclic amines) is 2. The molecule has 340 valence electrons. The van der Waals surface area contributed by atoms with Crippen LogP contribution in [0.25, 0.3) is 6.08 Å². The van der Waals surface area contributed by atoms with Gasteiger partial charge in [-0.2, -0.15) is 0 Å². The highest BCUT2D eigenvalue weighted by atomic mass is 16.5. The molecule has 0 atom stereocenters. The van der Waals surface area contributed by atoms with Gasteiger partial charge in [0.05, 0.1) is 20.2 Å². The summed E-state index contributed by atoms with van der Waals surface area (Å²) in [4.78, 5) is 61.3. The van der Waals surface area contributed by atoms with E-state index in [-0.39, 0.29) is 61.7 Å². The van der Waals surface area contributed by atoms with Crippen molar-refractivity contribution in [2.45, 2.75) is 114 Å². The number of imide groups is 1. The zero-order chi connectivity index (χ0) is 46.7. The smallest absolute Gasteiger partial charge is 0.331 e. The van der Waals surface area contributed by atoms with E-state index in [9.17, 15) is 24.0 Å². The average molecular weight is 863 g/mol. The molecule has 1 aromatic carbocycles. The fraction of sp³-hybridized carbons (Fsp3) is 0.453. The van der Waals surface area contributed by atoms with Crippen molar-refractivity contribution in [2.24, 2.45) is 5.41 Å². The molecule has 0 spiro atoms. The number of methoxy groups -OCH3 is 1. The third kappa shape index (κ3) is 17.1. The lowest BCUT2D eigenvalue weighted by atomic mass is 9.72. The first-order valence-corrected chi connectivity index (χ1v) is 22.0. The molecule has 2 saturated heterocycles. The Morgan fingerprint density at radius 2 is 1.24 bits per heavy atom. The van der Waals surface area contributed by atoms with Crippen LogP contribution in [0.1, 0.15) is 116 Å². The number of carbonyl (C=O) groups is 5. The molecule has 1 aliphatic carbocycles. The third-order valence-corrected chi connectivity index (χ3v) is 11.5. The Morgan fingerprint density at radius 3 is 1.76 bits per heavy atom. The van der Waals surface area contributed by atoms with Gasteiger partial charge in [-0.25, -0.2) is 9.59 Å². The first-order valence-electron chi connectivity index (χ1n) is 22.0. The Balaban J connectivity index is 0.000000337. The van der Waals surface area contributed by atoms with Crippen molar-refractivity contribution < 1.29 is 38.2 Å². The number of carbonyl (C=O) groups excluding carboxylic acids is 5. The number of nitrogens with zero attached hydrogens (tertiary/aromatic N) is 2. The van der Waals surface area contributed by atoms with E-state index in [0.717, 1.165) is 51.5 Å². The quantitative estimate of drug-likeness (QED) is 0.0657. The molecular formula is C53H70N2O8. The van der Waals surface area contributed by atoms with E-state index in [2.05, 4.69) is 78.8 Å². The van der Waals surface area contributed by atoms with Crippen LogP contribution in [0.2, 0.25) is 0 Å². The van der Waals surface area contributed by atoms with Gasteiger partial charge >= 0.3 is 11.9 Å². The molecule has 2 aliphatic heterocycles. The van der Waals surface area contributed by atoms with Crippen LogP contribution < -0.4 is 4.74 Å². The highest BCUT2D eigenvalue weighted by molar-refractivity contribution is 6.01. The van der Waals surface area contributed by atoms with Crippen molar-refractivity contribution in [3.8, 4) is 5.75 Å². The molecular weight excluding hydrogens is 793 g/mol. The molecule has 2 fully saturated rings. The number of aryl methyl sites for hydroxylation is 1. The van der Waals surface area contributed by atoms with Crippen LogP contribution in [0.5, 0.6) is 5.75 Å². The van der Waals surface area contributed by atoms with Crippen molar-refractivity contribution in [1.29, 1.82) is 0 Å². The molecule has 63 heavy (non-hydrogen) atoms. The fourth-order valence-corrected chi connectivity index (χ4v) is 7.65. The van der Waals surface area contributed by atoms with Gasteiger partial charge in [0.1, 0.15) is 19.0 Å². The minimum atomic E-state index is -0.502. The second-order valence-electron chi connectivity index (χ2n) is 17.2. The van der Waals surface area contributed by atoms with E-state index in [1.165, 1.54) is 59.3 Å². The molecule has 0 radical (unpaired) electrons. The first-order chi connectivity index (χ1) is 29.8. The van der Waals surface area contributed by atoms with Gasteiger partial charge in [0.15, 0.2) is 0 Å². The number of benzene rings is 1. The maximum absolute atomic E-state index is 11.9. The molecule has 0 saturated carbocycles. The number of rotatable bonds is 17. The predicted octanol–water partition coefficient (Wildman–Crippen LogP) is 10.5. The number of hydrogen-bond donors (Lipinski definition) is 0. The molecule has 3 amide bonds. The minimum Gasteiger partial charge on any atom is -0.496 e. The molecule has 10 heteroatoms. The lowest BCUT2D eigenvalue weighted by Gasteiger charge is -2.32. The summed E-state index contributed by atoms with van der Waals surface area (Å²) in [6, 6.07) is 2.05. The maximum Gasteiger partial charge on any atom is 0.331 e. The van der Waals surface area contributed by atoms with Crippen LogP contribution >= 0.6 is 0 Å². The third-order valence-electron chi connectivity index (χ3n) is 11.5. The van der Waals surface area contributed by atoms with Gasteiger partial charge in [-0.3, -0.25) is 19.3 Å². The molecule has 1 aromatic rings. The summed E-state index contributed by atoms with van der Waals surface area (Å²) in [5, 5.41) is 0. The molecule has 0 bridgehead atoms. The lowest BCUT2D eigenvalue weighted by Crippen LogP contribution is -2.32. The van der Waals surface area contributed by atoms with Gasteiger partial charge in [0.25, 0.3) is 0 Å². The van der Waals surface area contributed by atoms with Gasteiger partial charge in [-0.15, -0.1) is 0 Å². The van der Waals surface area contributed by atoms with Crippen LogP contribution in [0.4, 0.5) is 0 Å². The van der Waals surface area contributed by atoms with Crippen LogP contribution in [-0.4, -0.2) is 79.4 Å². The number of esters is 2. The molecule has 2 heterocycles. The normalized spacial score (nSPS) is 17.9. The van der Waals surface area contributed by atoms with Crippen LogP contribution in [0, 0.1) is 26.2 Å². The van der Waals surface area contributed by atoms with E-state index >= 15 is 0 Å². The van der Waals surface area contributed by atoms with Crippen molar-refractivity contribution in [3.05, 3.63) is 129 Å². The second-order valence-corrected chi connectivity index (χ2v) is 17.2. The van der Waals surface area contributed by atoms with Crippen LogP contribution in [-0.2, 0) is 33.4 Å². The summed E-state index contributed by atoms with van der Waals surface area (Å²) in [6.45, 7) is 22.5. The van der Waals surface area contributed by atoms with Crippen LogP contribution in [0.15, 0.2) is 106 Å². The van der Waals surface area contributed by atoms with Crippen molar-refractivity contribution in [2.75, 3.05) is 40.0 Å². The minimum absolute atomic E-state index is 0.00270. The highest BCUT2D eigenvalue weighted by Gasteiger charge is 2.29.